The van der Waals surface area contributed by atoms with E-state index in [4.69, 9.17) is 21.1 Å². The fraction of sp³-hybridized carbons (Fsp3) is 0.385. The van der Waals surface area contributed by atoms with Crippen LogP contribution in [0.15, 0.2) is 30.3 Å². The normalized spacial score (nSPS) is 9.95. The number of carbonyl (C=O) groups is 1. The van der Waals surface area contributed by atoms with Gasteiger partial charge in [0.15, 0.2) is 0 Å². The minimum atomic E-state index is -0.365. The predicted octanol–water partition coefficient (Wildman–Crippen LogP) is 1.60. The molecule has 1 aromatic carbocycles. The van der Waals surface area contributed by atoms with Gasteiger partial charge in [0.1, 0.15) is 0 Å². The fourth-order valence-corrected chi connectivity index (χ4v) is 1.48. The maximum Gasteiger partial charge on any atom is 0.338 e. The lowest BCUT2D eigenvalue weighted by atomic mass is 10.2. The molecule has 6 heteroatoms. The Morgan fingerprint density at radius 3 is 2.58 bits per heavy atom. The van der Waals surface area contributed by atoms with E-state index in [1.54, 1.807) is 24.3 Å². The quantitative estimate of drug-likeness (QED) is 0.228. The van der Waals surface area contributed by atoms with Gasteiger partial charge in [0, 0.05) is 6.54 Å². The van der Waals surface area contributed by atoms with Gasteiger partial charge in [0.25, 0.3) is 0 Å². The first-order chi connectivity index (χ1) is 9.11. The second-order valence-corrected chi connectivity index (χ2v) is 4.07. The number of unbranched alkanes of at least 4 members (excludes halogenated alkanes) is 2. The Morgan fingerprint density at radius 2 is 1.95 bits per heavy atom. The van der Waals surface area contributed by atoms with Crippen LogP contribution in [0.4, 0.5) is 0 Å². The SMILES string of the molecule is N=C(N)N(O)CCCCCOC(=O)c1ccccc1. The molecule has 1 aromatic rings. The summed E-state index contributed by atoms with van der Waals surface area (Å²) in [4.78, 5) is 11.6. The third-order valence-corrected chi connectivity index (χ3v) is 2.53. The smallest absolute Gasteiger partial charge is 0.338 e. The molecule has 4 N–H and O–H groups in total. The molecule has 0 unspecified atom stereocenters. The van der Waals surface area contributed by atoms with Crippen LogP contribution in [0.3, 0.4) is 0 Å². The van der Waals surface area contributed by atoms with Gasteiger partial charge < -0.3 is 10.5 Å². The summed E-state index contributed by atoms with van der Waals surface area (Å²) in [5.41, 5.74) is 5.61. The summed E-state index contributed by atoms with van der Waals surface area (Å²) in [6.07, 6.45) is 2.18. The van der Waals surface area contributed by atoms with Gasteiger partial charge in [-0.15, -0.1) is 0 Å². The monoisotopic (exact) mass is 265 g/mol. The molecule has 19 heavy (non-hydrogen) atoms. The maximum absolute atomic E-state index is 11.6. The van der Waals surface area contributed by atoms with E-state index < -0.39 is 0 Å². The summed E-state index contributed by atoms with van der Waals surface area (Å²) >= 11 is 0. The molecule has 104 valence electrons. The van der Waals surface area contributed by atoms with Gasteiger partial charge in [-0.1, -0.05) is 18.2 Å². The first-order valence-corrected chi connectivity index (χ1v) is 6.14. The van der Waals surface area contributed by atoms with Crippen molar-refractivity contribution in [1.29, 1.82) is 5.41 Å². The van der Waals surface area contributed by atoms with E-state index in [1.165, 1.54) is 0 Å². The van der Waals surface area contributed by atoms with Crippen molar-refractivity contribution in [3.05, 3.63) is 35.9 Å². The molecule has 0 fully saturated rings. The van der Waals surface area contributed by atoms with E-state index in [2.05, 4.69) is 0 Å². The molecule has 0 saturated carbocycles. The molecule has 0 heterocycles. The second kappa shape index (κ2) is 8.10. The number of nitrogens with two attached hydrogens (primary N) is 1. The third kappa shape index (κ3) is 5.87. The average Bonchev–Trinajstić information content (AvgIpc) is 2.42. The van der Waals surface area contributed by atoms with Crippen LogP contribution in [0, 0.1) is 5.41 Å². The van der Waals surface area contributed by atoms with Gasteiger partial charge >= 0.3 is 5.97 Å². The fourth-order valence-electron chi connectivity index (χ4n) is 1.48. The van der Waals surface area contributed by atoms with E-state index in [-0.39, 0.29) is 11.9 Å². The summed E-state index contributed by atoms with van der Waals surface area (Å²) in [5.74, 6) is -0.691. The molecule has 0 atom stereocenters. The standard InChI is InChI=1S/C13H19N3O3/c14-13(15)16(18)9-5-2-6-10-19-12(17)11-7-3-1-4-8-11/h1,3-4,7-8,18H,2,5-6,9-10H2,(H3,14,15). The largest absolute Gasteiger partial charge is 0.462 e. The highest BCUT2D eigenvalue weighted by atomic mass is 16.5. The lowest BCUT2D eigenvalue weighted by Gasteiger charge is -2.13. The van der Waals surface area contributed by atoms with E-state index in [0.29, 0.717) is 36.6 Å². The number of hydrogen-bond donors (Lipinski definition) is 3. The Balaban J connectivity index is 2.08. The highest BCUT2D eigenvalue weighted by molar-refractivity contribution is 5.89. The Kier molecular flexibility index (Phi) is 6.38. The highest BCUT2D eigenvalue weighted by Crippen LogP contribution is 2.03. The summed E-state index contributed by atoms with van der Waals surface area (Å²) in [7, 11) is 0. The van der Waals surface area contributed by atoms with Crippen molar-refractivity contribution in [1.82, 2.24) is 5.06 Å². The second-order valence-electron chi connectivity index (χ2n) is 4.07. The molecule has 0 spiro atoms. The van der Waals surface area contributed by atoms with Crippen LogP contribution < -0.4 is 5.73 Å². The lowest BCUT2D eigenvalue weighted by Crippen LogP contribution is -2.34. The van der Waals surface area contributed by atoms with Crippen molar-refractivity contribution in [3.8, 4) is 0 Å². The van der Waals surface area contributed by atoms with Crippen molar-refractivity contribution in [2.24, 2.45) is 5.73 Å². The lowest BCUT2D eigenvalue weighted by molar-refractivity contribution is -0.0185. The number of carbonyl (C=O) groups excluding carboxylic acids is 1. The summed E-state index contributed by atoms with van der Waals surface area (Å²) in [5, 5.41) is 16.8. The molecular weight excluding hydrogens is 246 g/mol. The number of benzene rings is 1. The van der Waals surface area contributed by atoms with Crippen LogP contribution >= 0.6 is 0 Å². The van der Waals surface area contributed by atoms with Gasteiger partial charge in [-0.2, -0.15) is 0 Å². The van der Waals surface area contributed by atoms with Gasteiger partial charge in [0.2, 0.25) is 5.96 Å². The van der Waals surface area contributed by atoms with E-state index in [0.717, 1.165) is 6.42 Å². The highest BCUT2D eigenvalue weighted by Gasteiger charge is 2.05. The number of nitrogens with zero attached hydrogens (tertiary/aromatic N) is 1. The zero-order chi connectivity index (χ0) is 14.1. The van der Waals surface area contributed by atoms with Crippen molar-refractivity contribution >= 4 is 11.9 Å². The Hall–Kier alpha value is -2.08. The van der Waals surface area contributed by atoms with Crippen molar-refractivity contribution < 1.29 is 14.7 Å². The predicted molar refractivity (Wildman–Crippen MR) is 71.0 cm³/mol. The van der Waals surface area contributed by atoms with Crippen LogP contribution in [0.5, 0.6) is 0 Å². The minimum Gasteiger partial charge on any atom is -0.462 e. The van der Waals surface area contributed by atoms with Crippen molar-refractivity contribution in [2.45, 2.75) is 19.3 Å². The number of hydroxylamine groups is 2. The first kappa shape index (κ1) is 15.0. The van der Waals surface area contributed by atoms with Crippen LogP contribution in [0.25, 0.3) is 0 Å². The van der Waals surface area contributed by atoms with Crippen LogP contribution in [-0.2, 0) is 4.74 Å². The van der Waals surface area contributed by atoms with Crippen molar-refractivity contribution in [2.75, 3.05) is 13.2 Å². The Bertz CT molecular complexity index is 409. The van der Waals surface area contributed by atoms with Gasteiger partial charge in [0.05, 0.1) is 12.2 Å². The van der Waals surface area contributed by atoms with Gasteiger partial charge in [-0.3, -0.25) is 10.6 Å². The van der Waals surface area contributed by atoms with Gasteiger partial charge in [-0.05, 0) is 31.4 Å². The number of rotatable bonds is 7. The number of nitrogens with one attached hydrogen (secondary N) is 1. The maximum atomic E-state index is 11.6. The number of hydrogen-bond acceptors (Lipinski definition) is 4. The van der Waals surface area contributed by atoms with Gasteiger partial charge in [-0.25, -0.2) is 9.86 Å². The van der Waals surface area contributed by atoms with E-state index >= 15 is 0 Å². The average molecular weight is 265 g/mol. The zero-order valence-corrected chi connectivity index (χ0v) is 10.7. The molecule has 0 radical (unpaired) electrons. The number of esters is 1. The van der Waals surface area contributed by atoms with Crippen LogP contribution in [0.1, 0.15) is 29.6 Å². The molecule has 0 aromatic heterocycles. The Morgan fingerprint density at radius 1 is 1.26 bits per heavy atom. The summed E-state index contributed by atoms with van der Waals surface area (Å²) in [6, 6.07) is 8.83. The molecule has 0 amide bonds. The Labute approximate surface area is 112 Å². The van der Waals surface area contributed by atoms with E-state index in [9.17, 15) is 4.79 Å². The van der Waals surface area contributed by atoms with Crippen LogP contribution in [-0.4, -0.2) is 35.4 Å². The molecule has 0 bridgehead atoms. The topological polar surface area (TPSA) is 99.6 Å². The molecule has 0 saturated heterocycles. The zero-order valence-electron chi connectivity index (χ0n) is 10.7. The third-order valence-electron chi connectivity index (χ3n) is 2.53. The van der Waals surface area contributed by atoms with Crippen molar-refractivity contribution in [3.63, 3.8) is 0 Å². The van der Waals surface area contributed by atoms with Crippen LogP contribution in [0.2, 0.25) is 0 Å². The molecule has 1 rings (SSSR count). The molecule has 6 nitrogen and oxygen atoms in total. The summed E-state index contributed by atoms with van der Waals surface area (Å²) in [6.45, 7) is 0.654. The molecule has 0 aliphatic rings. The number of guanidine groups is 1. The molecular formula is C13H19N3O3. The summed E-state index contributed by atoms with van der Waals surface area (Å²) < 4.78 is 5.10. The molecule has 0 aliphatic carbocycles. The first-order valence-electron chi connectivity index (χ1n) is 6.14. The number of ether oxygens (including phenoxy) is 1. The minimum absolute atomic E-state index is 0.308. The molecule has 0 aliphatic heterocycles. The van der Waals surface area contributed by atoms with E-state index in [1.807, 2.05) is 6.07 Å².